The van der Waals surface area contributed by atoms with Crippen molar-refractivity contribution in [1.29, 1.82) is 0 Å². The number of nitrogens with one attached hydrogen (secondary N) is 1. The summed E-state index contributed by atoms with van der Waals surface area (Å²) in [7, 11) is 0. The van der Waals surface area contributed by atoms with E-state index in [4.69, 9.17) is 9.47 Å². The van der Waals surface area contributed by atoms with Crippen LogP contribution in [0.2, 0.25) is 0 Å². The molecule has 0 saturated carbocycles. The topological polar surface area (TPSA) is 80.8 Å². The van der Waals surface area contributed by atoms with E-state index in [1.807, 2.05) is 66.6 Å². The SMILES string of the molecule is CCOc1ccccc1CCNC(=O)c1csc(C2CCN(C(=O)COc3ccc(C)c(C)c3)CC2)n1. The number of carbonyl (C=O) groups is 2. The molecule has 0 radical (unpaired) electrons. The van der Waals surface area contributed by atoms with Crippen molar-refractivity contribution in [3.8, 4) is 11.5 Å². The van der Waals surface area contributed by atoms with Gasteiger partial charge in [0, 0.05) is 30.9 Å². The molecular formula is C29H35N3O4S. The maximum absolute atomic E-state index is 12.6. The molecule has 4 rings (SSSR count). The van der Waals surface area contributed by atoms with Crippen LogP contribution >= 0.6 is 11.3 Å². The molecule has 1 saturated heterocycles. The zero-order valence-corrected chi connectivity index (χ0v) is 22.6. The van der Waals surface area contributed by atoms with Crippen molar-refractivity contribution in [3.63, 3.8) is 0 Å². The van der Waals surface area contributed by atoms with Gasteiger partial charge in [-0.2, -0.15) is 0 Å². The molecule has 0 aliphatic carbocycles. The second-order valence-electron chi connectivity index (χ2n) is 9.31. The van der Waals surface area contributed by atoms with Gasteiger partial charge in [0.15, 0.2) is 6.61 Å². The molecule has 196 valence electrons. The monoisotopic (exact) mass is 521 g/mol. The highest BCUT2D eigenvalue weighted by atomic mass is 32.1. The van der Waals surface area contributed by atoms with Crippen LogP contribution in [0.1, 0.15) is 57.9 Å². The van der Waals surface area contributed by atoms with Gasteiger partial charge in [0.1, 0.15) is 17.2 Å². The smallest absolute Gasteiger partial charge is 0.270 e. The van der Waals surface area contributed by atoms with Crippen LogP contribution in [0.5, 0.6) is 11.5 Å². The summed E-state index contributed by atoms with van der Waals surface area (Å²) >= 11 is 1.52. The molecule has 0 unspecified atom stereocenters. The third-order valence-corrected chi connectivity index (χ3v) is 7.75. The number of thiazole rings is 1. The van der Waals surface area contributed by atoms with Crippen LogP contribution < -0.4 is 14.8 Å². The molecule has 0 atom stereocenters. The number of piperidine rings is 1. The van der Waals surface area contributed by atoms with Crippen molar-refractivity contribution in [2.45, 2.75) is 46.0 Å². The molecule has 1 fully saturated rings. The van der Waals surface area contributed by atoms with E-state index in [1.54, 1.807) is 0 Å². The molecule has 3 aromatic rings. The lowest BCUT2D eigenvalue weighted by Gasteiger charge is -2.31. The first-order chi connectivity index (χ1) is 17.9. The van der Waals surface area contributed by atoms with Crippen LogP contribution in [0, 0.1) is 13.8 Å². The number of amides is 2. The molecule has 1 N–H and O–H groups in total. The van der Waals surface area contributed by atoms with Gasteiger partial charge >= 0.3 is 0 Å². The molecule has 2 heterocycles. The van der Waals surface area contributed by atoms with E-state index in [1.165, 1.54) is 16.9 Å². The number of carbonyl (C=O) groups excluding carboxylic acids is 2. The van der Waals surface area contributed by atoms with Gasteiger partial charge in [-0.05, 0) is 74.9 Å². The predicted octanol–water partition coefficient (Wildman–Crippen LogP) is 4.92. The maximum Gasteiger partial charge on any atom is 0.270 e. The third kappa shape index (κ3) is 7.10. The van der Waals surface area contributed by atoms with Crippen molar-refractivity contribution in [2.24, 2.45) is 0 Å². The molecular weight excluding hydrogens is 486 g/mol. The third-order valence-electron chi connectivity index (χ3n) is 6.74. The predicted molar refractivity (Wildman–Crippen MR) is 146 cm³/mol. The minimum absolute atomic E-state index is 0.00166. The van der Waals surface area contributed by atoms with Gasteiger partial charge in [-0.15, -0.1) is 11.3 Å². The first kappa shape index (κ1) is 26.7. The number of aromatic nitrogens is 1. The van der Waals surface area contributed by atoms with Gasteiger partial charge in [0.25, 0.3) is 11.8 Å². The number of benzene rings is 2. The van der Waals surface area contributed by atoms with E-state index < -0.39 is 0 Å². The molecule has 37 heavy (non-hydrogen) atoms. The van der Waals surface area contributed by atoms with Crippen LogP contribution in [0.15, 0.2) is 47.8 Å². The number of ether oxygens (including phenoxy) is 2. The number of para-hydroxylation sites is 1. The maximum atomic E-state index is 12.6. The lowest BCUT2D eigenvalue weighted by molar-refractivity contribution is -0.134. The number of rotatable bonds is 10. The van der Waals surface area contributed by atoms with Gasteiger partial charge in [0.2, 0.25) is 0 Å². The number of nitrogens with zero attached hydrogens (tertiary/aromatic N) is 2. The number of hydrogen-bond donors (Lipinski definition) is 1. The largest absolute Gasteiger partial charge is 0.494 e. The fraction of sp³-hybridized carbons (Fsp3) is 0.414. The summed E-state index contributed by atoms with van der Waals surface area (Å²) in [4.78, 5) is 31.8. The van der Waals surface area contributed by atoms with Gasteiger partial charge in [-0.25, -0.2) is 4.98 Å². The zero-order chi connectivity index (χ0) is 26.2. The molecule has 1 aromatic heterocycles. The van der Waals surface area contributed by atoms with E-state index in [0.29, 0.717) is 38.4 Å². The van der Waals surface area contributed by atoms with E-state index in [0.717, 1.165) is 40.5 Å². The van der Waals surface area contributed by atoms with Gasteiger partial charge in [-0.1, -0.05) is 24.3 Å². The Bertz CT molecular complexity index is 1220. The molecule has 2 aromatic carbocycles. The minimum Gasteiger partial charge on any atom is -0.494 e. The average Bonchev–Trinajstić information content (AvgIpc) is 3.41. The summed E-state index contributed by atoms with van der Waals surface area (Å²) in [5, 5.41) is 5.76. The fourth-order valence-electron chi connectivity index (χ4n) is 4.40. The van der Waals surface area contributed by atoms with Gasteiger partial charge in [0.05, 0.1) is 11.6 Å². The molecule has 0 bridgehead atoms. The normalized spacial score (nSPS) is 13.9. The number of hydrogen-bond acceptors (Lipinski definition) is 6. The van der Waals surface area contributed by atoms with Crippen molar-refractivity contribution >= 4 is 23.2 Å². The Morgan fingerprint density at radius 2 is 1.86 bits per heavy atom. The van der Waals surface area contributed by atoms with E-state index in [2.05, 4.69) is 17.2 Å². The zero-order valence-electron chi connectivity index (χ0n) is 21.8. The highest BCUT2D eigenvalue weighted by molar-refractivity contribution is 7.09. The lowest BCUT2D eigenvalue weighted by atomic mass is 9.97. The van der Waals surface area contributed by atoms with E-state index in [9.17, 15) is 9.59 Å². The van der Waals surface area contributed by atoms with E-state index in [-0.39, 0.29) is 24.3 Å². The van der Waals surface area contributed by atoms with Crippen molar-refractivity contribution in [3.05, 3.63) is 75.2 Å². The van der Waals surface area contributed by atoms with Crippen LogP contribution in [0.4, 0.5) is 0 Å². The van der Waals surface area contributed by atoms with Crippen LogP contribution in [0.25, 0.3) is 0 Å². The Labute approximate surface area is 222 Å². The summed E-state index contributed by atoms with van der Waals surface area (Å²) in [5.74, 6) is 1.68. The van der Waals surface area contributed by atoms with Gasteiger partial charge in [-0.3, -0.25) is 9.59 Å². The molecule has 1 aliphatic heterocycles. The van der Waals surface area contributed by atoms with Crippen LogP contribution in [-0.4, -0.2) is 54.5 Å². The van der Waals surface area contributed by atoms with Crippen molar-refractivity contribution < 1.29 is 19.1 Å². The summed E-state index contributed by atoms with van der Waals surface area (Å²) in [6.07, 6.45) is 2.36. The first-order valence-corrected chi connectivity index (χ1v) is 13.7. The van der Waals surface area contributed by atoms with Crippen LogP contribution in [-0.2, 0) is 11.2 Å². The van der Waals surface area contributed by atoms with Crippen molar-refractivity contribution in [1.82, 2.24) is 15.2 Å². The summed E-state index contributed by atoms with van der Waals surface area (Å²) in [6, 6.07) is 13.8. The summed E-state index contributed by atoms with van der Waals surface area (Å²) in [6.45, 7) is 8.55. The Hall–Kier alpha value is -3.39. The highest BCUT2D eigenvalue weighted by Gasteiger charge is 2.26. The van der Waals surface area contributed by atoms with Gasteiger partial charge < -0.3 is 19.7 Å². The highest BCUT2D eigenvalue weighted by Crippen LogP contribution is 2.30. The molecule has 2 amide bonds. The van der Waals surface area contributed by atoms with Crippen LogP contribution in [0.3, 0.4) is 0 Å². The molecule has 7 nitrogen and oxygen atoms in total. The lowest BCUT2D eigenvalue weighted by Crippen LogP contribution is -2.40. The standard InChI is InChI=1S/C29H35N3O4S/c1-4-35-26-8-6-5-7-22(26)11-14-30-28(34)25-19-37-29(31-25)23-12-15-32(16-13-23)27(33)18-36-24-10-9-20(2)21(3)17-24/h5-10,17,19,23H,4,11-16,18H2,1-3H3,(H,30,34). The number of likely N-dealkylation sites (tertiary alicyclic amines) is 1. The molecule has 1 aliphatic rings. The Kier molecular flexibility index (Phi) is 9.17. The molecule has 0 spiro atoms. The Morgan fingerprint density at radius 3 is 2.62 bits per heavy atom. The van der Waals surface area contributed by atoms with Crippen molar-refractivity contribution in [2.75, 3.05) is 32.8 Å². The fourth-order valence-corrected chi connectivity index (χ4v) is 5.37. The summed E-state index contributed by atoms with van der Waals surface area (Å²) in [5.41, 5.74) is 3.88. The second kappa shape index (κ2) is 12.7. The second-order valence-corrected chi connectivity index (χ2v) is 10.2. The first-order valence-electron chi connectivity index (χ1n) is 12.9. The Morgan fingerprint density at radius 1 is 1.08 bits per heavy atom. The molecule has 8 heteroatoms. The summed E-state index contributed by atoms with van der Waals surface area (Å²) < 4.78 is 11.4. The van der Waals surface area contributed by atoms with E-state index >= 15 is 0 Å². The average molecular weight is 522 g/mol. The quantitative estimate of drug-likeness (QED) is 0.410. The number of aryl methyl sites for hydroxylation is 2. The minimum atomic E-state index is -0.160. The Balaban J connectivity index is 1.21.